The first-order valence-corrected chi connectivity index (χ1v) is 7.26. The average molecular weight is 355 g/mol. The van der Waals surface area contributed by atoms with Crippen molar-refractivity contribution in [2.24, 2.45) is 9.98 Å². The van der Waals surface area contributed by atoms with Crippen molar-refractivity contribution in [1.29, 1.82) is 0 Å². The van der Waals surface area contributed by atoms with Crippen LogP contribution in [0.3, 0.4) is 0 Å². The molecule has 2 aromatic heterocycles. The summed E-state index contributed by atoms with van der Waals surface area (Å²) in [6.45, 7) is 0. The number of pyridine rings is 2. The molecule has 24 heavy (non-hydrogen) atoms. The largest absolute Gasteiger partial charge is 0.324 e. The summed E-state index contributed by atoms with van der Waals surface area (Å²) < 4.78 is 0. The van der Waals surface area contributed by atoms with Gasteiger partial charge in [0, 0.05) is 40.6 Å². The molecule has 0 aliphatic carbocycles. The van der Waals surface area contributed by atoms with E-state index < -0.39 is 0 Å². The first kappa shape index (κ1) is 16.1. The third-order valence-corrected chi connectivity index (χ3v) is 3.42. The molecule has 0 fully saturated rings. The van der Waals surface area contributed by atoms with Crippen molar-refractivity contribution in [2.75, 3.05) is 5.32 Å². The van der Waals surface area contributed by atoms with E-state index in [9.17, 15) is 0 Å². The van der Waals surface area contributed by atoms with Crippen molar-refractivity contribution in [1.82, 2.24) is 9.97 Å². The van der Waals surface area contributed by atoms with Crippen LogP contribution in [-0.2, 0) is 17.1 Å². The monoisotopic (exact) mass is 355 g/mol. The van der Waals surface area contributed by atoms with Crippen molar-refractivity contribution in [3.05, 3.63) is 84.2 Å². The molecule has 1 aliphatic heterocycles. The van der Waals surface area contributed by atoms with Gasteiger partial charge in [0.25, 0.3) is 0 Å². The average Bonchev–Trinajstić information content (AvgIpc) is 2.95. The standard InChI is InChI=1S/C18H13N5.Fe/c1-2-8-14-13(7-1)17(21-15-9-3-5-11-19-15)23-18(14)22-16-10-4-6-12-20-16;/h1-12H,(H,19,20,21,22,23);. The number of benzene rings is 1. The van der Waals surface area contributed by atoms with Crippen molar-refractivity contribution in [3.8, 4) is 0 Å². The fourth-order valence-electron chi connectivity index (χ4n) is 2.38. The van der Waals surface area contributed by atoms with E-state index in [1.54, 1.807) is 12.4 Å². The van der Waals surface area contributed by atoms with Crippen LogP contribution in [0.1, 0.15) is 11.1 Å². The molecule has 6 heteroatoms. The number of hydrogen-bond donors (Lipinski definition) is 1. The maximum atomic E-state index is 4.62. The van der Waals surface area contributed by atoms with Crippen LogP contribution in [0.4, 0.5) is 11.6 Å². The molecule has 0 spiro atoms. The fraction of sp³-hybridized carbons (Fsp3) is 0. The molecule has 0 unspecified atom stereocenters. The van der Waals surface area contributed by atoms with E-state index >= 15 is 0 Å². The molecule has 0 amide bonds. The summed E-state index contributed by atoms with van der Waals surface area (Å²) in [4.78, 5) is 17.7. The molecule has 1 N–H and O–H groups in total. The molecule has 5 nitrogen and oxygen atoms in total. The van der Waals surface area contributed by atoms with Crippen molar-refractivity contribution < 1.29 is 17.1 Å². The molecular formula is C18H13FeN5. The van der Waals surface area contributed by atoms with E-state index in [1.165, 1.54) is 0 Å². The van der Waals surface area contributed by atoms with Gasteiger partial charge in [-0.15, -0.1) is 0 Å². The third kappa shape index (κ3) is 3.25. The zero-order valence-corrected chi connectivity index (χ0v) is 13.7. The molecule has 0 bridgehead atoms. The Morgan fingerprint density at radius 1 is 0.750 bits per heavy atom. The second-order valence-corrected chi connectivity index (χ2v) is 4.97. The molecule has 0 saturated heterocycles. The molecule has 1 aromatic carbocycles. The summed E-state index contributed by atoms with van der Waals surface area (Å²) in [6.07, 6.45) is 3.46. The van der Waals surface area contributed by atoms with Crippen LogP contribution < -0.4 is 5.32 Å². The summed E-state index contributed by atoms with van der Waals surface area (Å²) in [5.74, 6) is 2.78. The van der Waals surface area contributed by atoms with Gasteiger partial charge in [0.1, 0.15) is 11.7 Å². The van der Waals surface area contributed by atoms with Gasteiger partial charge in [-0.05, 0) is 24.3 Å². The Hall–Kier alpha value is -2.82. The van der Waals surface area contributed by atoms with E-state index in [0.717, 1.165) is 22.8 Å². The summed E-state index contributed by atoms with van der Waals surface area (Å²) in [5, 5.41) is 3.25. The Labute approximate surface area is 150 Å². The van der Waals surface area contributed by atoms with Gasteiger partial charge in [0.2, 0.25) is 0 Å². The van der Waals surface area contributed by atoms with E-state index in [0.29, 0.717) is 11.7 Å². The van der Waals surface area contributed by atoms with E-state index in [1.807, 2.05) is 60.7 Å². The van der Waals surface area contributed by atoms with Crippen LogP contribution in [-0.4, -0.2) is 21.6 Å². The number of fused-ring (bicyclic) bond motifs is 1. The van der Waals surface area contributed by atoms with Gasteiger partial charge < -0.3 is 5.32 Å². The zero-order chi connectivity index (χ0) is 15.5. The van der Waals surface area contributed by atoms with Crippen LogP contribution in [0.15, 0.2) is 83.0 Å². The van der Waals surface area contributed by atoms with E-state index in [2.05, 4.69) is 25.3 Å². The van der Waals surface area contributed by atoms with Crippen LogP contribution >= 0.6 is 0 Å². The van der Waals surface area contributed by atoms with Crippen molar-refractivity contribution >= 4 is 23.3 Å². The van der Waals surface area contributed by atoms with Gasteiger partial charge in [0.05, 0.1) is 0 Å². The number of nitrogens with one attached hydrogen (secondary N) is 1. The first-order valence-electron chi connectivity index (χ1n) is 7.26. The third-order valence-electron chi connectivity index (χ3n) is 3.42. The SMILES string of the molecule is [Fe].c1ccc(N=C2N=C(Nc3ccccn3)c3ccccc32)nc1. The Bertz CT molecular complexity index is 892. The van der Waals surface area contributed by atoms with Gasteiger partial charge in [-0.25, -0.2) is 20.0 Å². The number of nitrogens with zero attached hydrogens (tertiary/aromatic N) is 4. The normalized spacial score (nSPS) is 13.8. The molecule has 3 heterocycles. The Kier molecular flexibility index (Phi) is 4.79. The molecule has 3 aromatic rings. The van der Waals surface area contributed by atoms with Gasteiger partial charge in [0.15, 0.2) is 11.7 Å². The summed E-state index contributed by atoms with van der Waals surface area (Å²) >= 11 is 0. The molecule has 118 valence electrons. The minimum atomic E-state index is 0. The smallest absolute Gasteiger partial charge is 0.164 e. The number of aliphatic imine (C=N–C) groups is 2. The summed E-state index contributed by atoms with van der Waals surface area (Å²) in [6, 6.07) is 19.3. The molecular weight excluding hydrogens is 342 g/mol. The van der Waals surface area contributed by atoms with E-state index in [4.69, 9.17) is 0 Å². The topological polar surface area (TPSA) is 62.5 Å². The minimum absolute atomic E-state index is 0. The molecule has 0 atom stereocenters. The summed E-state index contributed by atoms with van der Waals surface area (Å²) in [7, 11) is 0. The van der Waals surface area contributed by atoms with Crippen LogP contribution in [0.25, 0.3) is 0 Å². The van der Waals surface area contributed by atoms with Crippen molar-refractivity contribution in [3.63, 3.8) is 0 Å². The van der Waals surface area contributed by atoms with Gasteiger partial charge in [-0.2, -0.15) is 0 Å². The maximum absolute atomic E-state index is 4.62. The van der Waals surface area contributed by atoms with E-state index in [-0.39, 0.29) is 17.1 Å². The molecule has 1 aliphatic rings. The van der Waals surface area contributed by atoms with Gasteiger partial charge >= 0.3 is 0 Å². The number of rotatable bonds is 2. The number of amidine groups is 2. The van der Waals surface area contributed by atoms with Crippen molar-refractivity contribution in [2.45, 2.75) is 0 Å². The number of aromatic nitrogens is 2. The summed E-state index contributed by atoms with van der Waals surface area (Å²) in [5.41, 5.74) is 1.99. The number of hydrogen-bond acceptors (Lipinski definition) is 4. The van der Waals surface area contributed by atoms with Crippen LogP contribution in [0.5, 0.6) is 0 Å². The van der Waals surface area contributed by atoms with Crippen LogP contribution in [0, 0.1) is 0 Å². The maximum Gasteiger partial charge on any atom is 0.164 e. The molecule has 0 saturated carbocycles. The fourth-order valence-corrected chi connectivity index (χ4v) is 2.38. The van der Waals surface area contributed by atoms with Gasteiger partial charge in [-0.3, -0.25) is 0 Å². The predicted molar refractivity (Wildman–Crippen MR) is 91.3 cm³/mol. The second kappa shape index (κ2) is 7.17. The minimum Gasteiger partial charge on any atom is -0.324 e. The number of anilines is 1. The van der Waals surface area contributed by atoms with Gasteiger partial charge in [-0.1, -0.05) is 36.4 Å². The molecule has 4 rings (SSSR count). The first-order chi connectivity index (χ1) is 11.4. The Morgan fingerprint density at radius 2 is 1.46 bits per heavy atom. The zero-order valence-electron chi connectivity index (χ0n) is 12.6. The Morgan fingerprint density at radius 3 is 2.17 bits per heavy atom. The quantitative estimate of drug-likeness (QED) is 0.717. The molecule has 0 radical (unpaired) electrons. The predicted octanol–water partition coefficient (Wildman–Crippen LogP) is 3.42. The van der Waals surface area contributed by atoms with Crippen LogP contribution in [0.2, 0.25) is 0 Å². The Balaban J connectivity index is 0.00000169. The second-order valence-electron chi connectivity index (χ2n) is 4.97.